The van der Waals surface area contributed by atoms with Crippen molar-refractivity contribution in [3.63, 3.8) is 0 Å². The zero-order chi connectivity index (χ0) is 11.8. The van der Waals surface area contributed by atoms with E-state index in [4.69, 9.17) is 11.6 Å². The highest BCUT2D eigenvalue weighted by molar-refractivity contribution is 7.99. The summed E-state index contributed by atoms with van der Waals surface area (Å²) >= 11 is 7.83. The molecule has 0 aliphatic heterocycles. The molecule has 0 radical (unpaired) electrons. The molecule has 0 spiro atoms. The Balaban J connectivity index is 2.26. The first-order valence-corrected chi connectivity index (χ1v) is 7.00. The Morgan fingerprint density at radius 3 is 2.94 bits per heavy atom. The molecule has 1 aromatic rings. The van der Waals surface area contributed by atoms with Crippen molar-refractivity contribution in [2.24, 2.45) is 0 Å². The van der Waals surface area contributed by atoms with Crippen molar-refractivity contribution in [2.75, 3.05) is 18.1 Å². The zero-order valence-corrected chi connectivity index (χ0v) is 11.0. The van der Waals surface area contributed by atoms with Gasteiger partial charge in [0.1, 0.15) is 5.82 Å². The monoisotopic (exact) mass is 261 g/mol. The first-order valence-electron chi connectivity index (χ1n) is 5.47. The van der Waals surface area contributed by atoms with E-state index >= 15 is 0 Å². The lowest BCUT2D eigenvalue weighted by molar-refractivity contribution is 0.587. The van der Waals surface area contributed by atoms with Crippen LogP contribution in [0.4, 0.5) is 4.39 Å². The van der Waals surface area contributed by atoms with Crippen molar-refractivity contribution in [2.45, 2.75) is 19.9 Å². The lowest BCUT2D eigenvalue weighted by Crippen LogP contribution is -2.16. The summed E-state index contributed by atoms with van der Waals surface area (Å²) in [5.41, 5.74) is 0.562. The van der Waals surface area contributed by atoms with Gasteiger partial charge in [0.2, 0.25) is 0 Å². The largest absolute Gasteiger partial charge is 0.312 e. The maximum Gasteiger partial charge on any atom is 0.129 e. The van der Waals surface area contributed by atoms with E-state index in [0.717, 1.165) is 24.5 Å². The molecule has 0 aliphatic rings. The van der Waals surface area contributed by atoms with Gasteiger partial charge >= 0.3 is 0 Å². The second kappa shape index (κ2) is 7.93. The van der Waals surface area contributed by atoms with Crippen LogP contribution in [0, 0.1) is 5.82 Å². The predicted molar refractivity (Wildman–Crippen MR) is 70.7 cm³/mol. The number of thioether (sulfide) groups is 1. The smallest absolute Gasteiger partial charge is 0.129 e. The van der Waals surface area contributed by atoms with E-state index in [1.54, 1.807) is 12.1 Å². The lowest BCUT2D eigenvalue weighted by Gasteiger charge is -2.07. The van der Waals surface area contributed by atoms with Gasteiger partial charge in [0, 0.05) is 17.1 Å². The van der Waals surface area contributed by atoms with Crippen LogP contribution in [0.3, 0.4) is 0 Å². The summed E-state index contributed by atoms with van der Waals surface area (Å²) in [6.07, 6.45) is 1.10. The van der Waals surface area contributed by atoms with E-state index in [2.05, 4.69) is 12.2 Å². The zero-order valence-electron chi connectivity index (χ0n) is 9.43. The summed E-state index contributed by atoms with van der Waals surface area (Å²) in [6, 6.07) is 4.78. The molecule has 0 amide bonds. The normalized spacial score (nSPS) is 10.7. The molecule has 0 aromatic heterocycles. The standard InChI is InChI=1S/C12H17ClFNS/c1-2-16-8-4-7-15-9-10-11(13)5-3-6-12(10)14/h3,5-6,15H,2,4,7-9H2,1H3. The Labute approximate surface area is 106 Å². The maximum absolute atomic E-state index is 13.4. The summed E-state index contributed by atoms with van der Waals surface area (Å²) in [6.45, 7) is 3.55. The SMILES string of the molecule is CCSCCCNCc1c(F)cccc1Cl. The Morgan fingerprint density at radius 1 is 1.44 bits per heavy atom. The quantitative estimate of drug-likeness (QED) is 0.751. The molecule has 1 N–H and O–H groups in total. The minimum Gasteiger partial charge on any atom is -0.312 e. The van der Waals surface area contributed by atoms with Crippen molar-refractivity contribution in [1.29, 1.82) is 0 Å². The van der Waals surface area contributed by atoms with Gasteiger partial charge in [-0.05, 0) is 36.6 Å². The molecule has 1 nitrogen and oxygen atoms in total. The molecule has 90 valence electrons. The molecule has 0 aliphatic carbocycles. The number of hydrogen-bond donors (Lipinski definition) is 1. The molecule has 0 fully saturated rings. The van der Waals surface area contributed by atoms with Gasteiger partial charge in [-0.3, -0.25) is 0 Å². The lowest BCUT2D eigenvalue weighted by atomic mass is 10.2. The summed E-state index contributed by atoms with van der Waals surface area (Å²) in [7, 11) is 0. The molecule has 0 saturated heterocycles. The second-order valence-corrected chi connectivity index (χ2v) is 5.23. The van der Waals surface area contributed by atoms with E-state index in [0.29, 0.717) is 17.1 Å². The fourth-order valence-corrected chi connectivity index (χ4v) is 2.23. The minimum absolute atomic E-state index is 0.233. The molecule has 0 atom stereocenters. The molecule has 0 bridgehead atoms. The van der Waals surface area contributed by atoms with Crippen LogP contribution in [0.1, 0.15) is 18.9 Å². The summed E-state index contributed by atoms with van der Waals surface area (Å²) < 4.78 is 13.4. The van der Waals surface area contributed by atoms with Crippen molar-refractivity contribution >= 4 is 23.4 Å². The number of benzene rings is 1. The average Bonchev–Trinajstić information content (AvgIpc) is 2.26. The number of rotatable bonds is 7. The molecular weight excluding hydrogens is 245 g/mol. The molecule has 1 rings (SSSR count). The number of halogens is 2. The van der Waals surface area contributed by atoms with E-state index in [9.17, 15) is 4.39 Å². The van der Waals surface area contributed by atoms with Gasteiger partial charge in [0.05, 0.1) is 0 Å². The van der Waals surface area contributed by atoms with Crippen LogP contribution in [0.25, 0.3) is 0 Å². The van der Waals surface area contributed by atoms with Gasteiger partial charge in [0.15, 0.2) is 0 Å². The molecule has 16 heavy (non-hydrogen) atoms. The van der Waals surface area contributed by atoms with Crippen molar-refractivity contribution in [3.05, 3.63) is 34.6 Å². The molecule has 0 saturated carbocycles. The van der Waals surface area contributed by atoms with Crippen LogP contribution in [0.5, 0.6) is 0 Å². The second-order valence-electron chi connectivity index (χ2n) is 3.43. The highest BCUT2D eigenvalue weighted by Gasteiger charge is 2.05. The molecular formula is C12H17ClFNS. The van der Waals surface area contributed by atoms with Crippen LogP contribution in [-0.2, 0) is 6.54 Å². The van der Waals surface area contributed by atoms with Crippen LogP contribution < -0.4 is 5.32 Å². The highest BCUT2D eigenvalue weighted by Crippen LogP contribution is 2.18. The van der Waals surface area contributed by atoms with E-state index in [1.165, 1.54) is 6.07 Å². The third-order valence-electron chi connectivity index (χ3n) is 2.21. The van der Waals surface area contributed by atoms with E-state index < -0.39 is 0 Å². The van der Waals surface area contributed by atoms with Crippen molar-refractivity contribution in [3.8, 4) is 0 Å². The topological polar surface area (TPSA) is 12.0 Å². The van der Waals surface area contributed by atoms with Gasteiger partial charge in [-0.1, -0.05) is 24.6 Å². The predicted octanol–water partition coefficient (Wildman–Crippen LogP) is 3.71. The minimum atomic E-state index is -0.233. The summed E-state index contributed by atoms with van der Waals surface area (Å²) in [5.74, 6) is 2.07. The average molecular weight is 262 g/mol. The van der Waals surface area contributed by atoms with Gasteiger partial charge in [-0.2, -0.15) is 11.8 Å². The Morgan fingerprint density at radius 2 is 2.25 bits per heavy atom. The first-order chi connectivity index (χ1) is 7.75. The van der Waals surface area contributed by atoms with Crippen LogP contribution in [0.2, 0.25) is 5.02 Å². The van der Waals surface area contributed by atoms with Gasteiger partial charge in [-0.15, -0.1) is 0 Å². The van der Waals surface area contributed by atoms with E-state index in [1.807, 2.05) is 11.8 Å². The summed E-state index contributed by atoms with van der Waals surface area (Å²) in [5, 5.41) is 3.70. The van der Waals surface area contributed by atoms with Crippen molar-refractivity contribution in [1.82, 2.24) is 5.32 Å². The first kappa shape index (κ1) is 13.8. The Hall–Kier alpha value is -0.250. The van der Waals surface area contributed by atoms with Crippen LogP contribution in [0.15, 0.2) is 18.2 Å². The van der Waals surface area contributed by atoms with E-state index in [-0.39, 0.29) is 5.82 Å². The molecule has 1 aromatic carbocycles. The third-order valence-corrected chi connectivity index (χ3v) is 3.55. The molecule has 0 unspecified atom stereocenters. The van der Waals surface area contributed by atoms with Crippen LogP contribution in [-0.4, -0.2) is 18.1 Å². The number of nitrogens with one attached hydrogen (secondary N) is 1. The van der Waals surface area contributed by atoms with Crippen molar-refractivity contribution < 1.29 is 4.39 Å². The van der Waals surface area contributed by atoms with Gasteiger partial charge < -0.3 is 5.32 Å². The fraction of sp³-hybridized carbons (Fsp3) is 0.500. The van der Waals surface area contributed by atoms with Gasteiger partial charge in [-0.25, -0.2) is 4.39 Å². The maximum atomic E-state index is 13.4. The third kappa shape index (κ3) is 4.73. The fourth-order valence-electron chi connectivity index (χ4n) is 1.36. The van der Waals surface area contributed by atoms with Crippen LogP contribution >= 0.6 is 23.4 Å². The molecule has 0 heterocycles. The number of hydrogen-bond acceptors (Lipinski definition) is 2. The Bertz CT molecular complexity index is 300. The highest BCUT2D eigenvalue weighted by atomic mass is 35.5. The van der Waals surface area contributed by atoms with Gasteiger partial charge in [0.25, 0.3) is 0 Å². The summed E-state index contributed by atoms with van der Waals surface area (Å²) in [4.78, 5) is 0. The Kier molecular flexibility index (Phi) is 6.85. The molecule has 4 heteroatoms.